The molecule has 0 radical (unpaired) electrons. The number of anilines is 2. The van der Waals surface area contributed by atoms with Crippen LogP contribution >= 0.6 is 11.6 Å². The van der Waals surface area contributed by atoms with Crippen LogP contribution in [0.4, 0.5) is 16.0 Å². The van der Waals surface area contributed by atoms with Crippen LogP contribution in [-0.2, 0) is 6.54 Å². The van der Waals surface area contributed by atoms with Crippen molar-refractivity contribution in [3.63, 3.8) is 0 Å². The molecule has 4 rings (SSSR count). The monoisotopic (exact) mass is 468 g/mol. The van der Waals surface area contributed by atoms with Gasteiger partial charge in [-0.15, -0.1) is 5.10 Å². The quantitative estimate of drug-likeness (QED) is 0.423. The van der Waals surface area contributed by atoms with Crippen LogP contribution in [0.25, 0.3) is 5.69 Å². The predicted molar refractivity (Wildman–Crippen MR) is 128 cm³/mol. The fraction of sp³-hybridized carbons (Fsp3) is 0.292. The molecular weight excluding hydrogens is 443 g/mol. The Morgan fingerprint density at radius 1 is 1.36 bits per heavy atom. The highest BCUT2D eigenvalue weighted by Gasteiger charge is 2.25. The Bertz CT molecular complexity index is 1210. The molecule has 0 fully saturated rings. The number of aryl methyl sites for hydroxylation is 1. The van der Waals surface area contributed by atoms with Gasteiger partial charge in [0.25, 0.3) is 0 Å². The SMILES string of the molecule is C=C(/C=C(F)\C=C/C)[C@@H]1CCCCn2nc(Nc3ccc(-n4cnc(Cl)c4)c(OC)c3)nc21. The van der Waals surface area contributed by atoms with Gasteiger partial charge in [-0.2, -0.15) is 4.98 Å². The third-order valence-electron chi connectivity index (χ3n) is 5.49. The Hall–Kier alpha value is -3.39. The van der Waals surface area contributed by atoms with Gasteiger partial charge in [0.05, 0.1) is 12.8 Å². The van der Waals surface area contributed by atoms with Crippen LogP contribution in [0.15, 0.2) is 66.9 Å². The number of rotatable bonds is 7. The van der Waals surface area contributed by atoms with Crippen molar-refractivity contribution in [2.24, 2.45) is 0 Å². The van der Waals surface area contributed by atoms with Crippen LogP contribution in [0.3, 0.4) is 0 Å². The summed E-state index contributed by atoms with van der Waals surface area (Å²) in [5.41, 5.74) is 2.28. The molecule has 1 aromatic carbocycles. The lowest BCUT2D eigenvalue weighted by molar-refractivity contribution is 0.413. The topological polar surface area (TPSA) is 69.8 Å². The van der Waals surface area contributed by atoms with Crippen molar-refractivity contribution in [1.82, 2.24) is 24.3 Å². The third-order valence-corrected chi connectivity index (χ3v) is 5.68. The molecule has 0 saturated carbocycles. The van der Waals surface area contributed by atoms with Gasteiger partial charge in [0, 0.05) is 30.4 Å². The summed E-state index contributed by atoms with van der Waals surface area (Å²) < 4.78 is 23.3. The summed E-state index contributed by atoms with van der Waals surface area (Å²) >= 11 is 5.95. The van der Waals surface area contributed by atoms with Crippen molar-refractivity contribution in [2.45, 2.75) is 38.6 Å². The van der Waals surface area contributed by atoms with E-state index in [2.05, 4.69) is 22.0 Å². The fourth-order valence-electron chi connectivity index (χ4n) is 3.93. The molecule has 0 unspecified atom stereocenters. The first-order chi connectivity index (χ1) is 16.0. The highest BCUT2D eigenvalue weighted by Crippen LogP contribution is 2.34. The van der Waals surface area contributed by atoms with Crippen LogP contribution in [0, 0.1) is 0 Å². The number of imidazole rings is 1. The van der Waals surface area contributed by atoms with Gasteiger partial charge in [-0.05, 0) is 49.6 Å². The van der Waals surface area contributed by atoms with E-state index in [1.807, 2.05) is 22.9 Å². The Balaban J connectivity index is 1.59. The van der Waals surface area contributed by atoms with Gasteiger partial charge in [-0.25, -0.2) is 14.1 Å². The molecule has 1 N–H and O–H groups in total. The third kappa shape index (κ3) is 5.17. The van der Waals surface area contributed by atoms with Gasteiger partial charge >= 0.3 is 0 Å². The molecule has 1 aliphatic heterocycles. The van der Waals surface area contributed by atoms with Gasteiger partial charge in [0.15, 0.2) is 0 Å². The molecule has 33 heavy (non-hydrogen) atoms. The summed E-state index contributed by atoms with van der Waals surface area (Å²) in [6.07, 6.45) is 10.7. The number of nitrogens with one attached hydrogen (secondary N) is 1. The van der Waals surface area contributed by atoms with Gasteiger partial charge in [0.1, 0.15) is 28.9 Å². The van der Waals surface area contributed by atoms with Gasteiger partial charge in [-0.3, -0.25) is 0 Å². The summed E-state index contributed by atoms with van der Waals surface area (Å²) in [5, 5.41) is 8.30. The molecule has 1 aliphatic rings. The van der Waals surface area contributed by atoms with Gasteiger partial charge in [-0.1, -0.05) is 30.7 Å². The van der Waals surface area contributed by atoms with Crippen molar-refractivity contribution in [2.75, 3.05) is 12.4 Å². The van der Waals surface area contributed by atoms with E-state index >= 15 is 0 Å². The molecule has 0 bridgehead atoms. The largest absolute Gasteiger partial charge is 0.494 e. The number of methoxy groups -OCH3 is 1. The molecule has 9 heteroatoms. The van der Waals surface area contributed by atoms with Crippen LogP contribution in [0.5, 0.6) is 5.75 Å². The lowest BCUT2D eigenvalue weighted by Crippen LogP contribution is -2.08. The van der Waals surface area contributed by atoms with Crippen LogP contribution in [0.1, 0.15) is 37.9 Å². The van der Waals surface area contributed by atoms with Crippen molar-refractivity contribution in [1.29, 1.82) is 0 Å². The number of hydrogen-bond donors (Lipinski definition) is 1. The van der Waals surface area contributed by atoms with E-state index in [1.54, 1.807) is 37.2 Å². The van der Waals surface area contributed by atoms with E-state index in [9.17, 15) is 4.39 Å². The minimum absolute atomic E-state index is 0.0885. The molecule has 3 aromatic rings. The molecule has 0 spiro atoms. The zero-order valence-electron chi connectivity index (χ0n) is 18.6. The maximum absolute atomic E-state index is 14.0. The normalized spacial score (nSPS) is 16.5. The second-order valence-corrected chi connectivity index (χ2v) is 8.17. The van der Waals surface area contributed by atoms with E-state index in [1.165, 1.54) is 12.2 Å². The van der Waals surface area contributed by atoms with E-state index in [0.717, 1.165) is 43.0 Å². The first-order valence-electron chi connectivity index (χ1n) is 10.8. The maximum Gasteiger partial charge on any atom is 0.246 e. The average molecular weight is 469 g/mol. The van der Waals surface area contributed by atoms with E-state index in [4.69, 9.17) is 21.3 Å². The Labute approximate surface area is 197 Å². The molecule has 0 amide bonds. The summed E-state index contributed by atoms with van der Waals surface area (Å²) in [6.45, 7) is 6.65. The highest BCUT2D eigenvalue weighted by atomic mass is 35.5. The van der Waals surface area contributed by atoms with Crippen LogP contribution < -0.4 is 10.1 Å². The van der Waals surface area contributed by atoms with Crippen molar-refractivity contribution in [3.05, 3.63) is 77.9 Å². The minimum atomic E-state index is -0.317. The number of ether oxygens (including phenoxy) is 1. The highest BCUT2D eigenvalue weighted by molar-refractivity contribution is 6.29. The van der Waals surface area contributed by atoms with E-state index < -0.39 is 0 Å². The number of allylic oxidation sites excluding steroid dienone is 5. The molecule has 172 valence electrons. The second-order valence-electron chi connectivity index (χ2n) is 7.78. The molecule has 1 atom stereocenters. The number of fused-ring (bicyclic) bond motifs is 1. The Kier molecular flexibility index (Phi) is 6.93. The zero-order chi connectivity index (χ0) is 23.4. The molecule has 3 heterocycles. The van der Waals surface area contributed by atoms with Crippen molar-refractivity contribution < 1.29 is 9.13 Å². The summed E-state index contributed by atoms with van der Waals surface area (Å²) in [7, 11) is 1.61. The smallest absolute Gasteiger partial charge is 0.246 e. The molecule has 0 saturated heterocycles. The fourth-order valence-corrected chi connectivity index (χ4v) is 4.08. The summed E-state index contributed by atoms with van der Waals surface area (Å²) in [4.78, 5) is 8.79. The average Bonchev–Trinajstić information content (AvgIpc) is 3.34. The first kappa shape index (κ1) is 22.8. The van der Waals surface area contributed by atoms with E-state index in [0.29, 0.717) is 22.4 Å². The number of aromatic nitrogens is 5. The molecule has 0 aliphatic carbocycles. The number of hydrogen-bond acceptors (Lipinski definition) is 5. The molecule has 2 aromatic heterocycles. The van der Waals surface area contributed by atoms with E-state index in [-0.39, 0.29) is 11.7 Å². The standard InChI is InChI=1S/C24H26ClFN6O/c1-4-7-17(26)12-16(2)19-8-5-6-11-32-23(19)29-24(30-32)28-18-9-10-20(21(13-18)33-3)31-14-22(25)27-15-31/h4,7,9-10,12-15,19H,2,5-6,8,11H2,1,3H3,(H,28,30)/b7-4-,17-12+/t19-/m0/s1. The van der Waals surface area contributed by atoms with Crippen molar-refractivity contribution >= 4 is 23.2 Å². The predicted octanol–water partition coefficient (Wildman–Crippen LogP) is 6.12. The maximum atomic E-state index is 14.0. The van der Waals surface area contributed by atoms with Crippen LogP contribution in [-0.4, -0.2) is 31.4 Å². The summed E-state index contributed by atoms with van der Waals surface area (Å²) in [5.74, 6) is 1.51. The lowest BCUT2D eigenvalue weighted by Gasteiger charge is -2.14. The van der Waals surface area contributed by atoms with Gasteiger partial charge in [0.2, 0.25) is 5.95 Å². The number of nitrogens with zero attached hydrogens (tertiary/aromatic N) is 5. The molecule has 7 nitrogen and oxygen atoms in total. The minimum Gasteiger partial charge on any atom is -0.494 e. The first-order valence-corrected chi connectivity index (χ1v) is 11.1. The zero-order valence-corrected chi connectivity index (χ0v) is 19.4. The summed E-state index contributed by atoms with van der Waals surface area (Å²) in [6, 6.07) is 5.67. The second kappa shape index (κ2) is 10.0. The lowest BCUT2D eigenvalue weighted by atomic mass is 9.94. The number of halogens is 2. The van der Waals surface area contributed by atoms with Gasteiger partial charge < -0.3 is 14.6 Å². The van der Waals surface area contributed by atoms with Crippen LogP contribution in [0.2, 0.25) is 5.15 Å². The van der Waals surface area contributed by atoms with Crippen molar-refractivity contribution in [3.8, 4) is 11.4 Å². The molecular formula is C24H26ClFN6O. The Morgan fingerprint density at radius 3 is 2.94 bits per heavy atom. The Morgan fingerprint density at radius 2 is 2.21 bits per heavy atom. The number of benzene rings is 1.